The summed E-state index contributed by atoms with van der Waals surface area (Å²) in [5.74, 6) is 0. The van der Waals surface area contributed by atoms with E-state index in [-0.39, 0.29) is 18.9 Å². The number of nitroso groups, excluding NO2 is 1. The Morgan fingerprint density at radius 2 is 1.27 bits per heavy atom. The van der Waals surface area contributed by atoms with E-state index in [0.29, 0.717) is 0 Å². The number of nitrogens with zero attached hydrogens (tertiary/aromatic N) is 1. The van der Waals surface area contributed by atoms with Gasteiger partial charge in [0.2, 0.25) is 0 Å². The first-order chi connectivity index (χ1) is 12.9. The van der Waals surface area contributed by atoms with E-state index in [2.05, 4.69) is 12.1 Å². The van der Waals surface area contributed by atoms with E-state index in [1.165, 1.54) is 89.9 Å². The zero-order chi connectivity index (χ0) is 18.7. The molecule has 2 unspecified atom stereocenters. The summed E-state index contributed by atoms with van der Waals surface area (Å²) >= 11 is 0. The average Bonchev–Trinajstić information content (AvgIpc) is 3.09. The van der Waals surface area contributed by atoms with Gasteiger partial charge in [0.25, 0.3) is 0 Å². The van der Waals surface area contributed by atoms with Gasteiger partial charge in [-0.15, -0.1) is 0 Å². The highest BCUT2D eigenvalue weighted by molar-refractivity contribution is 4.70. The fraction of sp³-hybridized carbons (Fsp3) is 1.00. The molecule has 0 N–H and O–H groups in total. The van der Waals surface area contributed by atoms with Crippen molar-refractivity contribution in [2.45, 2.75) is 128 Å². The van der Waals surface area contributed by atoms with Crippen LogP contribution < -0.4 is 0 Å². The third-order valence-corrected chi connectivity index (χ3v) is 5.40. The molecule has 0 spiro atoms. The van der Waals surface area contributed by atoms with Gasteiger partial charge in [0.05, 0.1) is 6.10 Å². The molecule has 1 heterocycles. The van der Waals surface area contributed by atoms with E-state index < -0.39 is 0 Å². The van der Waals surface area contributed by atoms with Crippen molar-refractivity contribution in [2.75, 3.05) is 13.2 Å². The maximum Gasteiger partial charge on any atom is 0.158 e. The third-order valence-electron chi connectivity index (χ3n) is 5.40. The van der Waals surface area contributed by atoms with E-state index in [4.69, 9.17) is 9.47 Å². The normalized spacial score (nSPS) is 19.9. The lowest BCUT2D eigenvalue weighted by Gasteiger charge is -2.12. The summed E-state index contributed by atoms with van der Waals surface area (Å²) in [5, 5.41) is 2.90. The van der Waals surface area contributed by atoms with E-state index in [1.54, 1.807) is 0 Å². The number of hydrogen-bond acceptors (Lipinski definition) is 4. The molecular formula is C22H43NO3. The van der Waals surface area contributed by atoms with Crippen molar-refractivity contribution in [1.82, 2.24) is 0 Å². The van der Waals surface area contributed by atoms with Gasteiger partial charge in [-0.05, 0) is 12.8 Å². The molecule has 0 aromatic carbocycles. The van der Waals surface area contributed by atoms with E-state index in [9.17, 15) is 4.91 Å². The minimum atomic E-state index is -0.103. The summed E-state index contributed by atoms with van der Waals surface area (Å²) < 4.78 is 11.3. The highest BCUT2D eigenvalue weighted by Crippen LogP contribution is 2.21. The zero-order valence-corrected chi connectivity index (χ0v) is 17.3. The maximum absolute atomic E-state index is 10.2. The molecule has 26 heavy (non-hydrogen) atoms. The van der Waals surface area contributed by atoms with Crippen molar-refractivity contribution in [2.24, 2.45) is 5.18 Å². The molecule has 4 nitrogen and oxygen atoms in total. The van der Waals surface area contributed by atoms with Crippen molar-refractivity contribution in [3.63, 3.8) is 0 Å². The Kier molecular flexibility index (Phi) is 16.2. The maximum atomic E-state index is 10.2. The quantitative estimate of drug-likeness (QED) is 0.179. The predicted molar refractivity (Wildman–Crippen MR) is 109 cm³/mol. The van der Waals surface area contributed by atoms with Crippen LogP contribution in [0.3, 0.4) is 0 Å². The van der Waals surface area contributed by atoms with Crippen LogP contribution in [0.25, 0.3) is 0 Å². The van der Waals surface area contributed by atoms with Gasteiger partial charge in [0, 0.05) is 13.0 Å². The second-order valence-corrected chi connectivity index (χ2v) is 7.90. The number of rotatable bonds is 19. The molecule has 0 aliphatic carbocycles. The number of hydrogen-bond donors (Lipinski definition) is 0. The summed E-state index contributed by atoms with van der Waals surface area (Å²) in [7, 11) is 0. The van der Waals surface area contributed by atoms with Crippen LogP contribution in [0.5, 0.6) is 0 Å². The first-order valence-electron chi connectivity index (χ1n) is 11.4. The van der Waals surface area contributed by atoms with Gasteiger partial charge in [-0.3, -0.25) is 0 Å². The lowest BCUT2D eigenvalue weighted by atomic mass is 10.0. The van der Waals surface area contributed by atoms with Crippen LogP contribution in [-0.2, 0) is 9.47 Å². The standard InChI is InChI=1S/C22H43NO3/c1-2-3-4-5-6-7-8-9-10-11-12-13-14-15-16-19-25-22-18-17-21(26-22)20-23-24/h21-22H,2-20H2,1H3. The summed E-state index contributed by atoms with van der Waals surface area (Å²) in [5.41, 5.74) is 0. The molecule has 0 aromatic heterocycles. The van der Waals surface area contributed by atoms with Crippen molar-refractivity contribution in [1.29, 1.82) is 0 Å². The fourth-order valence-electron chi connectivity index (χ4n) is 3.70. The second kappa shape index (κ2) is 17.9. The number of unbranched alkanes of at least 4 members (excludes halogenated alkanes) is 14. The first kappa shape index (κ1) is 23.6. The molecule has 0 radical (unpaired) electrons. The predicted octanol–water partition coefficient (Wildman–Crippen LogP) is 7.15. The smallest absolute Gasteiger partial charge is 0.158 e. The largest absolute Gasteiger partial charge is 0.353 e. The van der Waals surface area contributed by atoms with Gasteiger partial charge in [-0.2, -0.15) is 4.91 Å². The summed E-state index contributed by atoms with van der Waals surface area (Å²) in [6.07, 6.45) is 22.4. The van der Waals surface area contributed by atoms with Crippen molar-refractivity contribution in [3.8, 4) is 0 Å². The molecule has 1 aliphatic rings. The molecular weight excluding hydrogens is 326 g/mol. The summed E-state index contributed by atoms with van der Waals surface area (Å²) in [6.45, 7) is 3.33. The fourth-order valence-corrected chi connectivity index (χ4v) is 3.70. The van der Waals surface area contributed by atoms with Gasteiger partial charge < -0.3 is 9.47 Å². The van der Waals surface area contributed by atoms with E-state index >= 15 is 0 Å². The Balaban J connectivity index is 1.70. The summed E-state index contributed by atoms with van der Waals surface area (Å²) in [6, 6.07) is 0. The van der Waals surface area contributed by atoms with Gasteiger partial charge >= 0.3 is 0 Å². The van der Waals surface area contributed by atoms with E-state index in [1.807, 2.05) is 0 Å². The van der Waals surface area contributed by atoms with Crippen LogP contribution >= 0.6 is 0 Å². The van der Waals surface area contributed by atoms with Crippen LogP contribution in [0.15, 0.2) is 5.18 Å². The number of ether oxygens (including phenoxy) is 2. The zero-order valence-electron chi connectivity index (χ0n) is 17.3. The molecule has 1 aliphatic heterocycles. The minimum Gasteiger partial charge on any atom is -0.353 e. The van der Waals surface area contributed by atoms with Gasteiger partial charge in [-0.1, -0.05) is 102 Å². The monoisotopic (exact) mass is 369 g/mol. The van der Waals surface area contributed by atoms with Crippen molar-refractivity contribution in [3.05, 3.63) is 4.91 Å². The highest BCUT2D eigenvalue weighted by Gasteiger charge is 2.25. The molecule has 0 saturated carbocycles. The lowest BCUT2D eigenvalue weighted by Crippen LogP contribution is -2.16. The van der Waals surface area contributed by atoms with Crippen molar-refractivity contribution >= 4 is 0 Å². The molecule has 0 amide bonds. The van der Waals surface area contributed by atoms with Crippen LogP contribution in [0.2, 0.25) is 0 Å². The SMILES string of the molecule is CCCCCCCCCCCCCCCCCOC1CCC(CN=O)O1. The Labute approximate surface area is 161 Å². The van der Waals surface area contributed by atoms with E-state index in [0.717, 1.165) is 25.9 Å². The molecule has 0 aromatic rings. The third kappa shape index (κ3) is 13.7. The van der Waals surface area contributed by atoms with Gasteiger partial charge in [0.15, 0.2) is 6.29 Å². The van der Waals surface area contributed by atoms with Gasteiger partial charge in [0.1, 0.15) is 6.54 Å². The van der Waals surface area contributed by atoms with Crippen molar-refractivity contribution < 1.29 is 9.47 Å². The molecule has 4 heteroatoms. The van der Waals surface area contributed by atoms with Crippen LogP contribution in [0.4, 0.5) is 0 Å². The van der Waals surface area contributed by atoms with Crippen LogP contribution in [0, 0.1) is 4.91 Å². The second-order valence-electron chi connectivity index (χ2n) is 7.90. The summed E-state index contributed by atoms with van der Waals surface area (Å²) in [4.78, 5) is 10.2. The highest BCUT2D eigenvalue weighted by atomic mass is 16.7. The topological polar surface area (TPSA) is 47.9 Å². The Hall–Kier alpha value is -0.480. The minimum absolute atomic E-state index is 0.0152. The molecule has 1 saturated heterocycles. The average molecular weight is 370 g/mol. The Bertz CT molecular complexity index is 312. The first-order valence-corrected chi connectivity index (χ1v) is 11.4. The van der Waals surface area contributed by atoms with Gasteiger partial charge in [-0.25, -0.2) is 0 Å². The Morgan fingerprint density at radius 3 is 1.77 bits per heavy atom. The van der Waals surface area contributed by atoms with Crippen LogP contribution in [0.1, 0.15) is 116 Å². The van der Waals surface area contributed by atoms with Crippen LogP contribution in [-0.4, -0.2) is 25.5 Å². The molecule has 1 fully saturated rings. The molecule has 0 bridgehead atoms. The lowest BCUT2D eigenvalue weighted by molar-refractivity contribution is -0.131. The molecule has 1 rings (SSSR count). The molecule has 154 valence electrons. The molecule has 2 atom stereocenters. The Morgan fingerprint density at radius 1 is 0.769 bits per heavy atom.